The predicted octanol–water partition coefficient (Wildman–Crippen LogP) is 4.20. The van der Waals surface area contributed by atoms with Crippen molar-refractivity contribution in [1.29, 1.82) is 0 Å². The Bertz CT molecular complexity index is 1270. The van der Waals surface area contributed by atoms with Crippen LogP contribution in [0.15, 0.2) is 47.0 Å². The van der Waals surface area contributed by atoms with E-state index in [0.29, 0.717) is 40.2 Å². The lowest BCUT2D eigenvalue weighted by molar-refractivity contribution is 0.0827. The molecular formula is C23H22N4O3S. The van der Waals surface area contributed by atoms with Crippen LogP contribution in [0.25, 0.3) is 21.7 Å². The van der Waals surface area contributed by atoms with E-state index in [2.05, 4.69) is 15.5 Å². The molecule has 0 unspecified atom stereocenters. The number of fused-ring (bicyclic) bond motifs is 1. The largest absolute Gasteiger partial charge is 0.348 e. The average molecular weight is 435 g/mol. The van der Waals surface area contributed by atoms with Gasteiger partial charge in [-0.1, -0.05) is 17.3 Å². The van der Waals surface area contributed by atoms with E-state index in [9.17, 15) is 9.59 Å². The molecule has 0 saturated heterocycles. The van der Waals surface area contributed by atoms with Crippen molar-refractivity contribution in [2.75, 3.05) is 14.1 Å². The van der Waals surface area contributed by atoms with Crippen LogP contribution in [0.4, 0.5) is 0 Å². The highest BCUT2D eigenvalue weighted by molar-refractivity contribution is 7.15. The fraction of sp³-hybridized carbons (Fsp3) is 0.217. The van der Waals surface area contributed by atoms with Crippen LogP contribution in [0.3, 0.4) is 0 Å². The van der Waals surface area contributed by atoms with Crippen LogP contribution in [0.2, 0.25) is 0 Å². The van der Waals surface area contributed by atoms with Gasteiger partial charge in [-0.05, 0) is 49.7 Å². The van der Waals surface area contributed by atoms with Crippen LogP contribution in [-0.2, 0) is 6.54 Å². The molecule has 0 radical (unpaired) electrons. The van der Waals surface area contributed by atoms with E-state index in [-0.39, 0.29) is 11.8 Å². The zero-order valence-electron chi connectivity index (χ0n) is 17.7. The van der Waals surface area contributed by atoms with Gasteiger partial charge in [0.05, 0.1) is 27.2 Å². The van der Waals surface area contributed by atoms with Gasteiger partial charge in [-0.3, -0.25) is 9.59 Å². The number of carbonyl (C=O) groups excluding carboxylic acids is 2. The number of nitrogens with one attached hydrogen (secondary N) is 1. The van der Waals surface area contributed by atoms with Gasteiger partial charge in [0, 0.05) is 31.1 Å². The number of aryl methyl sites for hydroxylation is 2. The first-order chi connectivity index (χ1) is 14.8. The maximum atomic E-state index is 13.1. The molecule has 0 aliphatic heterocycles. The summed E-state index contributed by atoms with van der Waals surface area (Å²) in [7, 11) is 3.43. The summed E-state index contributed by atoms with van der Waals surface area (Å²) in [6, 6.07) is 13.0. The molecule has 0 saturated carbocycles. The Labute approximate surface area is 183 Å². The van der Waals surface area contributed by atoms with Gasteiger partial charge in [0.1, 0.15) is 0 Å². The van der Waals surface area contributed by atoms with Gasteiger partial charge in [-0.2, -0.15) is 0 Å². The van der Waals surface area contributed by atoms with E-state index >= 15 is 0 Å². The monoisotopic (exact) mass is 434 g/mol. The Kier molecular flexibility index (Phi) is 5.56. The van der Waals surface area contributed by atoms with Gasteiger partial charge < -0.3 is 14.7 Å². The van der Waals surface area contributed by atoms with E-state index in [1.165, 1.54) is 4.90 Å². The molecule has 158 valence electrons. The maximum absolute atomic E-state index is 13.1. The second-order valence-corrected chi connectivity index (χ2v) is 8.78. The van der Waals surface area contributed by atoms with Gasteiger partial charge in [0.15, 0.2) is 0 Å². The third kappa shape index (κ3) is 4.20. The summed E-state index contributed by atoms with van der Waals surface area (Å²) in [5.74, 6) is -0.296. The Morgan fingerprint density at radius 3 is 2.48 bits per heavy atom. The van der Waals surface area contributed by atoms with Crippen LogP contribution in [-0.4, -0.2) is 41.0 Å². The van der Waals surface area contributed by atoms with E-state index in [1.807, 2.05) is 31.2 Å². The van der Waals surface area contributed by atoms with Crippen molar-refractivity contribution < 1.29 is 14.1 Å². The van der Waals surface area contributed by atoms with Gasteiger partial charge in [-0.15, -0.1) is 11.3 Å². The summed E-state index contributed by atoms with van der Waals surface area (Å²) in [4.78, 5) is 33.3. The molecule has 4 rings (SSSR count). The molecule has 0 atom stereocenters. The molecule has 3 aromatic heterocycles. The van der Waals surface area contributed by atoms with Crippen molar-refractivity contribution in [2.45, 2.75) is 20.4 Å². The third-order valence-corrected chi connectivity index (χ3v) is 5.94. The molecule has 1 N–H and O–H groups in total. The summed E-state index contributed by atoms with van der Waals surface area (Å²) >= 11 is 1.61. The summed E-state index contributed by atoms with van der Waals surface area (Å²) in [5.41, 5.74) is 3.62. The van der Waals surface area contributed by atoms with Crippen LogP contribution < -0.4 is 5.32 Å². The normalized spacial score (nSPS) is 11.0. The Hall–Kier alpha value is -3.52. The zero-order valence-corrected chi connectivity index (χ0v) is 18.5. The van der Waals surface area contributed by atoms with Gasteiger partial charge >= 0.3 is 0 Å². The second kappa shape index (κ2) is 8.31. The Morgan fingerprint density at radius 1 is 1.10 bits per heavy atom. The summed E-state index contributed by atoms with van der Waals surface area (Å²) in [5, 5.41) is 7.55. The molecular weight excluding hydrogens is 412 g/mol. The molecule has 0 aliphatic carbocycles. The summed E-state index contributed by atoms with van der Waals surface area (Å²) in [6.45, 7) is 4.15. The highest BCUT2D eigenvalue weighted by Crippen LogP contribution is 2.31. The number of amides is 2. The lowest BCUT2D eigenvalue weighted by Crippen LogP contribution is -2.24. The first-order valence-corrected chi connectivity index (χ1v) is 10.6. The second-order valence-electron chi connectivity index (χ2n) is 7.49. The Balaban J connectivity index is 1.58. The molecule has 0 bridgehead atoms. The predicted molar refractivity (Wildman–Crippen MR) is 120 cm³/mol. The van der Waals surface area contributed by atoms with Crippen LogP contribution >= 0.6 is 11.3 Å². The highest BCUT2D eigenvalue weighted by Gasteiger charge is 2.20. The first kappa shape index (κ1) is 20.7. The molecule has 0 spiro atoms. The van der Waals surface area contributed by atoms with Gasteiger partial charge in [0.25, 0.3) is 17.5 Å². The topological polar surface area (TPSA) is 88.3 Å². The van der Waals surface area contributed by atoms with Crippen molar-refractivity contribution in [1.82, 2.24) is 20.4 Å². The number of pyridine rings is 1. The van der Waals surface area contributed by atoms with E-state index in [0.717, 1.165) is 15.3 Å². The van der Waals surface area contributed by atoms with Crippen molar-refractivity contribution in [3.8, 4) is 10.6 Å². The molecule has 1 aromatic carbocycles. The van der Waals surface area contributed by atoms with Crippen molar-refractivity contribution in [2.24, 2.45) is 0 Å². The summed E-state index contributed by atoms with van der Waals surface area (Å²) < 4.78 is 5.35. The standard InChI is InChI=1S/C23H22N4O3S/c1-13-5-10-19(31-13)18-11-17(20-14(2)26-30-22(20)25-18)21(28)24-12-15-6-8-16(9-7-15)23(29)27(3)4/h5-11H,12H2,1-4H3,(H,24,28). The smallest absolute Gasteiger partial charge is 0.259 e. The summed E-state index contributed by atoms with van der Waals surface area (Å²) in [6.07, 6.45) is 0. The number of rotatable bonds is 5. The van der Waals surface area contributed by atoms with Crippen molar-refractivity contribution in [3.05, 3.63) is 69.7 Å². The molecule has 7 nitrogen and oxygen atoms in total. The molecule has 0 fully saturated rings. The fourth-order valence-corrected chi connectivity index (χ4v) is 4.10. The fourth-order valence-electron chi connectivity index (χ4n) is 3.27. The quantitative estimate of drug-likeness (QED) is 0.509. The number of nitrogens with zero attached hydrogens (tertiary/aromatic N) is 3. The number of aromatic nitrogens is 2. The van der Waals surface area contributed by atoms with Gasteiger partial charge in [0.2, 0.25) is 0 Å². The number of benzene rings is 1. The first-order valence-electron chi connectivity index (χ1n) is 9.76. The van der Waals surface area contributed by atoms with Crippen molar-refractivity contribution in [3.63, 3.8) is 0 Å². The number of hydrogen-bond acceptors (Lipinski definition) is 6. The van der Waals surface area contributed by atoms with Crippen LogP contribution in [0.5, 0.6) is 0 Å². The average Bonchev–Trinajstić information content (AvgIpc) is 3.37. The zero-order chi connectivity index (χ0) is 22.1. The van der Waals surface area contributed by atoms with Gasteiger partial charge in [-0.25, -0.2) is 4.98 Å². The minimum absolute atomic E-state index is 0.0611. The lowest BCUT2D eigenvalue weighted by atomic mass is 10.1. The molecule has 2 amide bonds. The molecule has 8 heteroatoms. The molecule has 3 heterocycles. The Morgan fingerprint density at radius 2 is 1.84 bits per heavy atom. The van der Waals surface area contributed by atoms with Crippen molar-refractivity contribution >= 4 is 34.3 Å². The lowest BCUT2D eigenvalue weighted by Gasteiger charge is -2.11. The molecule has 4 aromatic rings. The SMILES string of the molecule is Cc1ccc(-c2cc(C(=O)NCc3ccc(C(=O)N(C)C)cc3)c3c(C)noc3n2)s1. The van der Waals surface area contributed by atoms with E-state index in [1.54, 1.807) is 50.6 Å². The minimum atomic E-state index is -0.235. The maximum Gasteiger partial charge on any atom is 0.259 e. The highest BCUT2D eigenvalue weighted by atomic mass is 32.1. The number of carbonyl (C=O) groups is 2. The molecule has 0 aliphatic rings. The van der Waals surface area contributed by atoms with Crippen LogP contribution in [0.1, 0.15) is 36.9 Å². The van der Waals surface area contributed by atoms with E-state index < -0.39 is 0 Å². The van der Waals surface area contributed by atoms with E-state index in [4.69, 9.17) is 4.52 Å². The number of hydrogen-bond donors (Lipinski definition) is 1. The minimum Gasteiger partial charge on any atom is -0.348 e. The number of thiophene rings is 1. The molecule has 31 heavy (non-hydrogen) atoms. The van der Waals surface area contributed by atoms with Crippen LogP contribution in [0, 0.1) is 13.8 Å². The third-order valence-electron chi connectivity index (χ3n) is 4.91.